The van der Waals surface area contributed by atoms with Crippen molar-refractivity contribution in [2.45, 2.75) is 32.9 Å². The molecule has 0 amide bonds. The summed E-state index contributed by atoms with van der Waals surface area (Å²) in [5.41, 5.74) is 0. The third kappa shape index (κ3) is 5.89. The lowest BCUT2D eigenvalue weighted by Gasteiger charge is -2.18. The molecule has 0 aliphatic rings. The van der Waals surface area contributed by atoms with Crippen molar-refractivity contribution in [1.29, 1.82) is 0 Å². The quantitative estimate of drug-likeness (QED) is 0.499. The Labute approximate surface area is 100 Å². The molecule has 0 rings (SSSR count). The molecule has 0 aliphatic carbocycles. The highest BCUT2D eigenvalue weighted by molar-refractivity contribution is 8.55. The van der Waals surface area contributed by atoms with E-state index in [1.54, 1.807) is 27.7 Å². The lowest BCUT2D eigenvalue weighted by Crippen LogP contribution is -2.17. The number of rotatable bonds is 8. The van der Waals surface area contributed by atoms with Gasteiger partial charge in [0.2, 0.25) is 0 Å². The molecule has 0 heterocycles. The molecule has 96 valence electrons. The molecular formula is C9H19O5PS. The Kier molecular flexibility index (Phi) is 8.10. The van der Waals surface area contributed by atoms with Gasteiger partial charge < -0.3 is 13.8 Å². The Morgan fingerprint density at radius 2 is 1.69 bits per heavy atom. The smallest absolute Gasteiger partial charge is 0.389 e. The van der Waals surface area contributed by atoms with Crippen molar-refractivity contribution in [3.63, 3.8) is 0 Å². The summed E-state index contributed by atoms with van der Waals surface area (Å²) in [5.74, 6) is -0.410. The van der Waals surface area contributed by atoms with Crippen LogP contribution in [0.5, 0.6) is 0 Å². The number of hydrogen-bond donors (Lipinski definition) is 0. The van der Waals surface area contributed by atoms with E-state index in [2.05, 4.69) is 0 Å². The molecule has 0 fully saturated rings. The predicted molar refractivity (Wildman–Crippen MR) is 64.5 cm³/mol. The van der Waals surface area contributed by atoms with Gasteiger partial charge in [-0.15, -0.1) is 0 Å². The van der Waals surface area contributed by atoms with Crippen LogP contribution in [0.3, 0.4) is 0 Å². The lowest BCUT2D eigenvalue weighted by molar-refractivity contribution is -0.142. The first-order valence-electron chi connectivity index (χ1n) is 5.23. The van der Waals surface area contributed by atoms with Crippen LogP contribution in [0.1, 0.15) is 27.7 Å². The van der Waals surface area contributed by atoms with Gasteiger partial charge in [-0.2, -0.15) is 0 Å². The Morgan fingerprint density at radius 1 is 1.19 bits per heavy atom. The maximum Gasteiger partial charge on any atom is 0.389 e. The first kappa shape index (κ1) is 16.0. The molecule has 5 nitrogen and oxygen atoms in total. The topological polar surface area (TPSA) is 61.8 Å². The summed E-state index contributed by atoms with van der Waals surface area (Å²) in [6.45, 7) is 4.41. The van der Waals surface area contributed by atoms with Crippen LogP contribution in [-0.2, 0) is 23.1 Å². The molecule has 1 unspecified atom stereocenters. The Hall–Kier alpha value is -0.0300. The molecule has 0 radical (unpaired) electrons. The fourth-order valence-corrected chi connectivity index (χ4v) is 4.70. The van der Waals surface area contributed by atoms with E-state index >= 15 is 0 Å². The summed E-state index contributed by atoms with van der Waals surface area (Å²) in [6.07, 6.45) is 0. The average molecular weight is 270 g/mol. The third-order valence-corrected chi connectivity index (χ3v) is 5.75. The summed E-state index contributed by atoms with van der Waals surface area (Å²) in [4.78, 5) is 11.4. The van der Waals surface area contributed by atoms with Crippen molar-refractivity contribution in [2.24, 2.45) is 0 Å². The highest BCUT2D eigenvalue weighted by Gasteiger charge is 2.31. The van der Waals surface area contributed by atoms with Gasteiger partial charge >= 0.3 is 12.8 Å². The van der Waals surface area contributed by atoms with Crippen molar-refractivity contribution >= 4 is 24.1 Å². The second kappa shape index (κ2) is 8.12. The molecule has 0 saturated heterocycles. The molecule has 0 aliphatic heterocycles. The van der Waals surface area contributed by atoms with Gasteiger partial charge in [0.15, 0.2) is 0 Å². The van der Waals surface area contributed by atoms with Crippen molar-refractivity contribution in [1.82, 2.24) is 0 Å². The summed E-state index contributed by atoms with van der Waals surface area (Å²) >= 11 is 0.881. The molecular weight excluding hydrogens is 251 g/mol. The second-order valence-corrected chi connectivity index (χ2v) is 7.09. The molecule has 16 heavy (non-hydrogen) atoms. The molecule has 0 saturated carbocycles. The van der Waals surface area contributed by atoms with Gasteiger partial charge in [0, 0.05) is 0 Å². The maximum absolute atomic E-state index is 12.0. The number of carbonyl (C=O) groups excluding carboxylic acids is 1. The summed E-state index contributed by atoms with van der Waals surface area (Å²) in [6, 6.07) is 0. The van der Waals surface area contributed by atoms with E-state index in [1.807, 2.05) is 0 Å². The van der Waals surface area contributed by atoms with E-state index in [0.29, 0.717) is 6.61 Å². The first-order chi connectivity index (χ1) is 7.49. The van der Waals surface area contributed by atoms with E-state index in [9.17, 15) is 9.36 Å². The number of hydrogen-bond acceptors (Lipinski definition) is 6. The van der Waals surface area contributed by atoms with Crippen LogP contribution in [0.15, 0.2) is 0 Å². The number of ether oxygens (including phenoxy) is 1. The second-order valence-electron chi connectivity index (χ2n) is 2.78. The van der Waals surface area contributed by atoms with E-state index < -0.39 is 18.0 Å². The van der Waals surface area contributed by atoms with Crippen LogP contribution in [0.4, 0.5) is 0 Å². The molecule has 0 aromatic carbocycles. The summed E-state index contributed by atoms with van der Waals surface area (Å²) < 4.78 is 27.0. The molecule has 7 heteroatoms. The monoisotopic (exact) mass is 270 g/mol. The van der Waals surface area contributed by atoms with Crippen LogP contribution in [0, 0.1) is 0 Å². The molecule has 0 aromatic heterocycles. The van der Waals surface area contributed by atoms with Crippen molar-refractivity contribution in [3.05, 3.63) is 0 Å². The highest BCUT2D eigenvalue weighted by Crippen LogP contribution is 2.62. The zero-order valence-corrected chi connectivity index (χ0v) is 11.8. The summed E-state index contributed by atoms with van der Waals surface area (Å²) in [5, 5.41) is -0.566. The van der Waals surface area contributed by atoms with Gasteiger partial charge in [-0.05, 0) is 39.1 Å². The maximum atomic E-state index is 12.0. The van der Waals surface area contributed by atoms with Gasteiger partial charge in [-0.25, -0.2) is 4.57 Å². The molecule has 0 aromatic rings. The van der Waals surface area contributed by atoms with Crippen LogP contribution in [0.25, 0.3) is 0 Å². The van der Waals surface area contributed by atoms with E-state index in [0.717, 1.165) is 11.4 Å². The van der Waals surface area contributed by atoms with E-state index in [1.165, 1.54) is 0 Å². The zero-order chi connectivity index (χ0) is 12.6. The van der Waals surface area contributed by atoms with E-state index in [-0.39, 0.29) is 13.2 Å². The van der Waals surface area contributed by atoms with E-state index in [4.69, 9.17) is 13.8 Å². The van der Waals surface area contributed by atoms with Crippen molar-refractivity contribution < 1.29 is 23.1 Å². The first-order valence-corrected chi connectivity index (χ1v) is 8.26. The molecule has 0 spiro atoms. The minimum absolute atomic E-state index is 0.278. The average Bonchev–Trinajstić information content (AvgIpc) is 2.18. The Morgan fingerprint density at radius 3 is 2.06 bits per heavy atom. The van der Waals surface area contributed by atoms with Gasteiger partial charge in [-0.1, -0.05) is 0 Å². The Balaban J connectivity index is 4.38. The minimum atomic E-state index is -3.24. The summed E-state index contributed by atoms with van der Waals surface area (Å²) in [7, 11) is 0. The predicted octanol–water partition coefficient (Wildman–Crippen LogP) is 2.85. The van der Waals surface area contributed by atoms with Crippen LogP contribution >= 0.6 is 18.2 Å². The van der Waals surface area contributed by atoms with Crippen molar-refractivity contribution in [3.8, 4) is 0 Å². The van der Waals surface area contributed by atoms with Crippen LogP contribution in [0.2, 0.25) is 0 Å². The van der Waals surface area contributed by atoms with Gasteiger partial charge in [-0.3, -0.25) is 4.79 Å². The van der Waals surface area contributed by atoms with Crippen LogP contribution in [-0.4, -0.2) is 31.0 Å². The third-order valence-electron chi connectivity index (χ3n) is 1.48. The fourth-order valence-electron chi connectivity index (χ4n) is 0.911. The molecule has 1 atom stereocenters. The zero-order valence-electron chi connectivity index (χ0n) is 10.1. The Bertz CT molecular complexity index is 248. The molecule has 0 N–H and O–H groups in total. The van der Waals surface area contributed by atoms with Gasteiger partial charge in [0.05, 0.1) is 19.8 Å². The standard InChI is InChI=1S/C9H19O5PS/c1-5-12-9(10)8(4)16-15(11,13-6-2)14-7-3/h8H,5-7H2,1-4H3. The number of esters is 1. The van der Waals surface area contributed by atoms with Gasteiger partial charge in [0.25, 0.3) is 0 Å². The molecule has 0 bridgehead atoms. The minimum Gasteiger partial charge on any atom is -0.465 e. The SMILES string of the molecule is CCOC(=O)C(C)SP(=O)(OCC)OCC. The lowest BCUT2D eigenvalue weighted by atomic mass is 10.5. The normalized spacial score (nSPS) is 13.5. The van der Waals surface area contributed by atoms with Crippen LogP contribution < -0.4 is 0 Å². The number of carbonyl (C=O) groups is 1. The van der Waals surface area contributed by atoms with Crippen molar-refractivity contribution in [2.75, 3.05) is 19.8 Å². The largest absolute Gasteiger partial charge is 0.465 e. The highest BCUT2D eigenvalue weighted by atomic mass is 32.7. The fraction of sp³-hybridized carbons (Fsp3) is 0.889. The van der Waals surface area contributed by atoms with Gasteiger partial charge in [0.1, 0.15) is 5.25 Å².